The van der Waals surface area contributed by atoms with Crippen LogP contribution in [0.1, 0.15) is 6.42 Å². The average Bonchev–Trinajstić information content (AvgIpc) is 2.32. The molecule has 0 saturated carbocycles. The summed E-state index contributed by atoms with van der Waals surface area (Å²) in [6, 6.07) is 0.876. The van der Waals surface area contributed by atoms with Gasteiger partial charge < -0.3 is 19.3 Å². The molecule has 1 atom stereocenters. The maximum absolute atomic E-state index is 6.52. The molecule has 6 nitrogen and oxygen atoms in total. The van der Waals surface area contributed by atoms with E-state index in [4.69, 9.17) is 23.1 Å². The van der Waals surface area contributed by atoms with Gasteiger partial charge in [-0.05, 0) is 77.9 Å². The second kappa shape index (κ2) is 10.1. The van der Waals surface area contributed by atoms with Crippen LogP contribution in [0.25, 0.3) is 0 Å². The van der Waals surface area contributed by atoms with Crippen molar-refractivity contribution in [2.24, 2.45) is 5.73 Å². The van der Waals surface area contributed by atoms with Crippen LogP contribution in [0.3, 0.4) is 0 Å². The summed E-state index contributed by atoms with van der Waals surface area (Å²) in [5, 5.41) is 3.32. The largest absolute Gasteiger partial charge is 0.437 e. The van der Waals surface area contributed by atoms with Crippen molar-refractivity contribution >= 4 is 33.8 Å². The van der Waals surface area contributed by atoms with E-state index in [0.29, 0.717) is 6.54 Å². The number of hydrogen-bond acceptors (Lipinski definition) is 6. The van der Waals surface area contributed by atoms with Gasteiger partial charge in [0, 0.05) is 13.1 Å². The Morgan fingerprint density at radius 1 is 0.750 bits per heavy atom. The summed E-state index contributed by atoms with van der Waals surface area (Å²) in [7, 11) is -8.13. The van der Waals surface area contributed by atoms with Crippen LogP contribution in [0.5, 0.6) is 0 Å². The molecule has 0 aliphatic rings. The van der Waals surface area contributed by atoms with Crippen molar-refractivity contribution in [3.05, 3.63) is 0 Å². The van der Waals surface area contributed by atoms with Gasteiger partial charge in [0.25, 0.3) is 0 Å². The quantitative estimate of drug-likeness (QED) is 0.209. The van der Waals surface area contributed by atoms with E-state index in [2.05, 4.69) is 64.2 Å². The third kappa shape index (κ3) is 13.9. The highest BCUT2D eigenvalue weighted by molar-refractivity contribution is 6.86. The Morgan fingerprint density at radius 2 is 1.33 bits per heavy atom. The SMILES string of the molecule is C[Si](C)(C)OO[Si](C)(CCCNCCN)O[Si](C)(C)O[Si](C)(C)C. The first-order valence-corrected chi connectivity index (χ1v) is 21.0. The van der Waals surface area contributed by atoms with Gasteiger partial charge in [-0.2, -0.15) is 0 Å². The first-order chi connectivity index (χ1) is 10.7. The standard InChI is InChI=1S/C14H40N2O4Si4/c1-21(2,3)17-18-24(9,14-10-12-16-13-11-15)20-23(7,8)19-22(4,5)6/h16H,10-15H2,1-9H3. The Morgan fingerprint density at radius 3 is 1.79 bits per heavy atom. The molecule has 3 N–H and O–H groups in total. The topological polar surface area (TPSA) is 75.0 Å². The van der Waals surface area contributed by atoms with Gasteiger partial charge in [0.15, 0.2) is 8.32 Å². The van der Waals surface area contributed by atoms with Gasteiger partial charge in [-0.15, -0.1) is 0 Å². The lowest BCUT2D eigenvalue weighted by Crippen LogP contribution is -2.54. The average molecular weight is 413 g/mol. The zero-order chi connectivity index (χ0) is 19.1. The van der Waals surface area contributed by atoms with E-state index in [1.165, 1.54) is 0 Å². The summed E-state index contributed by atoms with van der Waals surface area (Å²) in [4.78, 5) is 0. The maximum Gasteiger partial charge on any atom is 0.362 e. The van der Waals surface area contributed by atoms with Crippen LogP contribution in [0.4, 0.5) is 0 Å². The van der Waals surface area contributed by atoms with Crippen LogP contribution in [0.15, 0.2) is 0 Å². The molecule has 0 aliphatic heterocycles. The van der Waals surface area contributed by atoms with Crippen LogP contribution in [-0.4, -0.2) is 53.4 Å². The van der Waals surface area contributed by atoms with Gasteiger partial charge in [0.1, 0.15) is 0 Å². The fourth-order valence-corrected chi connectivity index (χ4v) is 16.1. The predicted octanol–water partition coefficient (Wildman–Crippen LogP) is 3.35. The second-order valence-electron chi connectivity index (χ2n) is 8.77. The van der Waals surface area contributed by atoms with Gasteiger partial charge in [-0.3, -0.25) is 9.15 Å². The second-order valence-corrected chi connectivity index (χ2v) is 24.8. The third-order valence-corrected chi connectivity index (χ3v) is 13.3. The van der Waals surface area contributed by atoms with Crippen LogP contribution in [0.2, 0.25) is 65.0 Å². The molecule has 0 aromatic carbocycles. The minimum absolute atomic E-state index is 0.657. The van der Waals surface area contributed by atoms with Crippen LogP contribution < -0.4 is 11.1 Å². The lowest BCUT2D eigenvalue weighted by atomic mass is 10.5. The molecular formula is C14H40N2O4Si4. The zero-order valence-corrected chi connectivity index (χ0v) is 21.2. The summed E-state index contributed by atoms with van der Waals surface area (Å²) in [5.74, 6) is 0. The van der Waals surface area contributed by atoms with Crippen LogP contribution in [-0.2, 0) is 17.4 Å². The van der Waals surface area contributed by atoms with Gasteiger partial charge in [0.2, 0.25) is 8.32 Å². The molecule has 0 bridgehead atoms. The lowest BCUT2D eigenvalue weighted by Gasteiger charge is -2.38. The fourth-order valence-electron chi connectivity index (χ4n) is 2.36. The molecule has 0 rings (SSSR count). The number of nitrogens with two attached hydrogens (primary N) is 1. The highest BCUT2D eigenvalue weighted by Crippen LogP contribution is 2.26. The Kier molecular flexibility index (Phi) is 10.4. The van der Waals surface area contributed by atoms with Gasteiger partial charge in [-0.1, -0.05) is 0 Å². The predicted molar refractivity (Wildman–Crippen MR) is 111 cm³/mol. The summed E-state index contributed by atoms with van der Waals surface area (Å²) in [6.07, 6.45) is 0.981. The normalized spacial score (nSPS) is 16.2. The van der Waals surface area contributed by atoms with E-state index < -0.39 is 33.8 Å². The highest BCUT2D eigenvalue weighted by atomic mass is 28.5. The van der Waals surface area contributed by atoms with Crippen molar-refractivity contribution in [3.8, 4) is 0 Å². The molecule has 0 fully saturated rings. The van der Waals surface area contributed by atoms with E-state index >= 15 is 0 Å². The van der Waals surface area contributed by atoms with Crippen molar-refractivity contribution in [3.63, 3.8) is 0 Å². The minimum atomic E-state index is -2.45. The van der Waals surface area contributed by atoms with Crippen molar-refractivity contribution in [1.29, 1.82) is 0 Å². The summed E-state index contributed by atoms with van der Waals surface area (Å²) in [6.45, 7) is 21.7. The van der Waals surface area contributed by atoms with Crippen molar-refractivity contribution < 1.29 is 17.4 Å². The molecule has 0 radical (unpaired) electrons. The molecule has 24 heavy (non-hydrogen) atoms. The molecule has 1 unspecified atom stereocenters. The molecule has 0 saturated heterocycles. The Balaban J connectivity index is 4.83. The Hall–Kier alpha value is 0.628. The summed E-state index contributed by atoms with van der Waals surface area (Å²) in [5.41, 5.74) is 5.51. The molecule has 0 aromatic rings. The van der Waals surface area contributed by atoms with E-state index in [1.807, 2.05) is 0 Å². The first kappa shape index (κ1) is 24.6. The smallest absolute Gasteiger partial charge is 0.362 e. The summed E-state index contributed by atoms with van der Waals surface area (Å²) >= 11 is 0. The lowest BCUT2D eigenvalue weighted by molar-refractivity contribution is -0.140. The van der Waals surface area contributed by atoms with E-state index in [1.54, 1.807) is 0 Å². The van der Waals surface area contributed by atoms with Crippen molar-refractivity contribution in [2.45, 2.75) is 71.4 Å². The van der Waals surface area contributed by atoms with Crippen LogP contribution >= 0.6 is 0 Å². The zero-order valence-electron chi connectivity index (χ0n) is 17.2. The maximum atomic E-state index is 6.52. The molecule has 0 aliphatic carbocycles. The highest BCUT2D eigenvalue weighted by Gasteiger charge is 2.43. The fraction of sp³-hybridized carbons (Fsp3) is 1.00. The van der Waals surface area contributed by atoms with Crippen molar-refractivity contribution in [2.75, 3.05) is 19.6 Å². The Labute approximate surface area is 153 Å². The molecule has 0 spiro atoms. The van der Waals surface area contributed by atoms with Crippen LogP contribution in [0, 0.1) is 0 Å². The monoisotopic (exact) mass is 412 g/mol. The Bertz CT molecular complexity index is 362. The van der Waals surface area contributed by atoms with E-state index in [9.17, 15) is 0 Å². The van der Waals surface area contributed by atoms with Gasteiger partial charge in [-0.25, -0.2) is 0 Å². The number of hydrogen-bond donors (Lipinski definition) is 2. The molecule has 0 heterocycles. The van der Waals surface area contributed by atoms with E-state index in [-0.39, 0.29) is 0 Å². The molecule has 0 aromatic heterocycles. The molecule has 0 amide bonds. The van der Waals surface area contributed by atoms with Gasteiger partial charge >= 0.3 is 17.1 Å². The number of nitrogens with one attached hydrogen (secondary N) is 1. The first-order valence-electron chi connectivity index (χ1n) is 8.86. The van der Waals surface area contributed by atoms with Gasteiger partial charge in [0.05, 0.1) is 0 Å². The molecule has 146 valence electrons. The number of rotatable bonds is 13. The van der Waals surface area contributed by atoms with Crippen molar-refractivity contribution in [1.82, 2.24) is 5.32 Å². The van der Waals surface area contributed by atoms with E-state index in [0.717, 1.165) is 25.6 Å². The molecular weight excluding hydrogens is 373 g/mol. The third-order valence-electron chi connectivity index (χ3n) is 2.79. The molecule has 10 heteroatoms. The summed E-state index contributed by atoms with van der Waals surface area (Å²) < 4.78 is 24.6. The minimum Gasteiger partial charge on any atom is -0.437 e.